The average molecular weight is 485 g/mol. The highest BCUT2D eigenvalue weighted by Crippen LogP contribution is 2.36. The van der Waals surface area contributed by atoms with Crippen molar-refractivity contribution >= 4 is 28.3 Å². The van der Waals surface area contributed by atoms with Gasteiger partial charge in [-0.2, -0.15) is 0 Å². The van der Waals surface area contributed by atoms with E-state index in [1.807, 2.05) is 30.3 Å². The van der Waals surface area contributed by atoms with Gasteiger partial charge >= 0.3 is 0 Å². The van der Waals surface area contributed by atoms with Crippen molar-refractivity contribution in [1.29, 1.82) is 0 Å². The number of hydrogen-bond donors (Lipinski definition) is 1. The van der Waals surface area contributed by atoms with Gasteiger partial charge in [0.15, 0.2) is 0 Å². The van der Waals surface area contributed by atoms with Gasteiger partial charge in [-0.1, -0.05) is 54.1 Å². The van der Waals surface area contributed by atoms with E-state index in [-0.39, 0.29) is 11.8 Å². The van der Waals surface area contributed by atoms with Crippen LogP contribution in [-0.2, 0) is 17.3 Å². The third kappa shape index (κ3) is 4.98. The molecule has 1 heterocycles. The standard InChI is InChI=1S/C29H28N2O3S/c32-28(30-18-17-21-9-3-1-4-10-21)23-15-16-27-25(19-23)31(20-22-11-5-2-6-12-22)29(33)24-13-7-8-14-26(24)35(27)34/h2,5-9,11-16,19H,1,3-4,10,17-18,20H2,(H,30,32)/t35-/m1/s1. The molecule has 0 radical (unpaired) electrons. The lowest BCUT2D eigenvalue weighted by Gasteiger charge is -2.23. The van der Waals surface area contributed by atoms with Gasteiger partial charge in [-0.05, 0) is 68.0 Å². The molecule has 178 valence electrons. The molecule has 0 fully saturated rings. The minimum absolute atomic E-state index is 0.191. The van der Waals surface area contributed by atoms with Crippen LogP contribution in [0.2, 0.25) is 0 Å². The zero-order valence-corrected chi connectivity index (χ0v) is 20.4. The van der Waals surface area contributed by atoms with Crippen LogP contribution in [0.15, 0.2) is 94.2 Å². The zero-order valence-electron chi connectivity index (χ0n) is 19.5. The van der Waals surface area contributed by atoms with Crippen LogP contribution in [0.3, 0.4) is 0 Å². The van der Waals surface area contributed by atoms with Crippen molar-refractivity contribution in [3.8, 4) is 0 Å². The molecule has 1 atom stereocenters. The lowest BCUT2D eigenvalue weighted by molar-refractivity contribution is 0.0950. The summed E-state index contributed by atoms with van der Waals surface area (Å²) in [7, 11) is -1.54. The molecule has 0 aromatic heterocycles. The largest absolute Gasteiger partial charge is 0.352 e. The van der Waals surface area contributed by atoms with Crippen LogP contribution in [0.1, 0.15) is 58.4 Å². The Morgan fingerprint density at radius 3 is 2.54 bits per heavy atom. The quantitative estimate of drug-likeness (QED) is 0.461. The molecule has 5 nitrogen and oxygen atoms in total. The number of fused-ring (bicyclic) bond motifs is 2. The smallest absolute Gasteiger partial charge is 0.259 e. The maximum absolute atomic E-state index is 13.7. The van der Waals surface area contributed by atoms with Crippen molar-refractivity contribution < 1.29 is 13.8 Å². The second-order valence-electron chi connectivity index (χ2n) is 8.94. The minimum Gasteiger partial charge on any atom is -0.352 e. The number of rotatable bonds is 6. The number of hydrogen-bond acceptors (Lipinski definition) is 3. The van der Waals surface area contributed by atoms with Gasteiger partial charge in [-0.15, -0.1) is 0 Å². The van der Waals surface area contributed by atoms with E-state index in [4.69, 9.17) is 0 Å². The van der Waals surface area contributed by atoms with E-state index in [1.165, 1.54) is 18.4 Å². The van der Waals surface area contributed by atoms with Gasteiger partial charge in [-0.3, -0.25) is 9.59 Å². The summed E-state index contributed by atoms with van der Waals surface area (Å²) in [5.74, 6) is -0.415. The summed E-state index contributed by atoms with van der Waals surface area (Å²) >= 11 is 0. The topological polar surface area (TPSA) is 66.5 Å². The summed E-state index contributed by atoms with van der Waals surface area (Å²) in [6.07, 6.45) is 7.84. The molecular weight excluding hydrogens is 456 g/mol. The van der Waals surface area contributed by atoms with Crippen molar-refractivity contribution in [2.24, 2.45) is 0 Å². The van der Waals surface area contributed by atoms with Crippen molar-refractivity contribution in [2.45, 2.75) is 48.4 Å². The molecule has 0 spiro atoms. The van der Waals surface area contributed by atoms with E-state index in [9.17, 15) is 13.8 Å². The van der Waals surface area contributed by atoms with Gasteiger partial charge in [0, 0.05) is 12.1 Å². The molecule has 2 amide bonds. The maximum Gasteiger partial charge on any atom is 0.259 e. The number of carbonyl (C=O) groups excluding carboxylic acids is 2. The van der Waals surface area contributed by atoms with Gasteiger partial charge in [0.1, 0.15) is 0 Å². The molecule has 0 saturated carbocycles. The van der Waals surface area contributed by atoms with Crippen LogP contribution in [0.5, 0.6) is 0 Å². The number of benzene rings is 3. The van der Waals surface area contributed by atoms with E-state index >= 15 is 0 Å². The summed E-state index contributed by atoms with van der Waals surface area (Å²) in [4.78, 5) is 29.3. The Morgan fingerprint density at radius 1 is 0.943 bits per heavy atom. The molecule has 1 aliphatic heterocycles. The molecular formula is C29H28N2O3S. The Labute approximate surface area is 208 Å². The molecule has 3 aromatic rings. The van der Waals surface area contributed by atoms with Gasteiger partial charge in [0.25, 0.3) is 11.8 Å². The normalized spacial score (nSPS) is 17.1. The number of anilines is 1. The highest BCUT2D eigenvalue weighted by Gasteiger charge is 2.31. The SMILES string of the molecule is O=C(NCCC1=CCCCC1)c1ccc2c(c1)N(Cc1ccccc1)C(=O)c1ccccc1[S@]2=O. The monoisotopic (exact) mass is 484 g/mol. The van der Waals surface area contributed by atoms with E-state index in [0.29, 0.717) is 39.7 Å². The fraction of sp³-hybridized carbons (Fsp3) is 0.241. The Morgan fingerprint density at radius 2 is 1.74 bits per heavy atom. The second-order valence-corrected chi connectivity index (χ2v) is 10.4. The van der Waals surface area contributed by atoms with Gasteiger partial charge in [0.2, 0.25) is 0 Å². The Kier molecular flexibility index (Phi) is 6.91. The van der Waals surface area contributed by atoms with Crippen LogP contribution in [0, 0.1) is 0 Å². The summed E-state index contributed by atoms with van der Waals surface area (Å²) in [6.45, 7) is 0.892. The summed E-state index contributed by atoms with van der Waals surface area (Å²) in [6, 6.07) is 21.8. The lowest BCUT2D eigenvalue weighted by Crippen LogP contribution is -2.31. The molecule has 0 unspecified atom stereocenters. The van der Waals surface area contributed by atoms with Crippen molar-refractivity contribution in [3.63, 3.8) is 0 Å². The molecule has 1 aliphatic carbocycles. The molecule has 1 N–H and O–H groups in total. The van der Waals surface area contributed by atoms with Crippen LogP contribution in [-0.4, -0.2) is 22.6 Å². The van der Waals surface area contributed by atoms with Crippen LogP contribution >= 0.6 is 0 Å². The number of amides is 2. The lowest BCUT2D eigenvalue weighted by atomic mass is 9.97. The van der Waals surface area contributed by atoms with E-state index < -0.39 is 10.8 Å². The number of allylic oxidation sites excluding steroid dienone is 1. The number of nitrogens with zero attached hydrogens (tertiary/aromatic N) is 1. The van der Waals surface area contributed by atoms with Crippen LogP contribution in [0.25, 0.3) is 0 Å². The molecule has 6 heteroatoms. The van der Waals surface area contributed by atoms with Gasteiger partial charge in [-0.25, -0.2) is 4.21 Å². The van der Waals surface area contributed by atoms with Crippen molar-refractivity contribution in [3.05, 3.63) is 101 Å². The van der Waals surface area contributed by atoms with Crippen molar-refractivity contribution in [1.82, 2.24) is 5.32 Å². The first kappa shape index (κ1) is 23.2. The number of nitrogens with one attached hydrogen (secondary N) is 1. The van der Waals surface area contributed by atoms with Crippen LogP contribution < -0.4 is 10.2 Å². The molecule has 0 bridgehead atoms. The van der Waals surface area contributed by atoms with E-state index in [1.54, 1.807) is 47.4 Å². The predicted octanol–water partition coefficient (Wildman–Crippen LogP) is 5.63. The number of carbonyl (C=O) groups is 2. The second kappa shape index (κ2) is 10.4. The first-order valence-electron chi connectivity index (χ1n) is 12.1. The fourth-order valence-electron chi connectivity index (χ4n) is 4.70. The molecule has 3 aromatic carbocycles. The first-order chi connectivity index (χ1) is 17.1. The third-order valence-corrected chi connectivity index (χ3v) is 8.07. The van der Waals surface area contributed by atoms with Crippen LogP contribution in [0.4, 0.5) is 5.69 Å². The van der Waals surface area contributed by atoms with E-state index in [2.05, 4.69) is 11.4 Å². The highest BCUT2D eigenvalue weighted by molar-refractivity contribution is 7.85. The Hall–Kier alpha value is -3.51. The van der Waals surface area contributed by atoms with E-state index in [0.717, 1.165) is 24.8 Å². The Balaban J connectivity index is 1.46. The fourth-order valence-corrected chi connectivity index (χ4v) is 6.04. The summed E-state index contributed by atoms with van der Waals surface area (Å²) < 4.78 is 13.5. The summed E-state index contributed by atoms with van der Waals surface area (Å²) in [5, 5.41) is 3.01. The minimum atomic E-state index is -1.54. The first-order valence-corrected chi connectivity index (χ1v) is 13.2. The zero-order chi connectivity index (χ0) is 24.2. The van der Waals surface area contributed by atoms with Crippen molar-refractivity contribution in [2.75, 3.05) is 11.4 Å². The summed E-state index contributed by atoms with van der Waals surface area (Å²) in [5.41, 5.74) is 3.75. The molecule has 0 saturated heterocycles. The molecule has 5 rings (SSSR count). The third-order valence-electron chi connectivity index (χ3n) is 6.57. The predicted molar refractivity (Wildman–Crippen MR) is 138 cm³/mol. The van der Waals surface area contributed by atoms with Gasteiger partial charge < -0.3 is 10.2 Å². The molecule has 35 heavy (non-hydrogen) atoms. The van der Waals surface area contributed by atoms with Gasteiger partial charge in [0.05, 0.1) is 38.4 Å². The Bertz CT molecular complexity index is 1320. The molecule has 2 aliphatic rings. The average Bonchev–Trinajstić information content (AvgIpc) is 2.99. The maximum atomic E-state index is 13.7. The highest BCUT2D eigenvalue weighted by atomic mass is 32.2.